The van der Waals surface area contributed by atoms with E-state index in [9.17, 15) is 5.11 Å². The zero-order chi connectivity index (χ0) is 14.0. The lowest BCUT2D eigenvalue weighted by Crippen LogP contribution is -2.36. The van der Waals surface area contributed by atoms with Gasteiger partial charge in [0.2, 0.25) is 0 Å². The largest absolute Gasteiger partial charge is 0.384 e. The van der Waals surface area contributed by atoms with Crippen molar-refractivity contribution >= 4 is 11.3 Å². The monoisotopic (exact) mass is 279 g/mol. The van der Waals surface area contributed by atoms with E-state index in [1.807, 2.05) is 20.2 Å². The van der Waals surface area contributed by atoms with Crippen molar-refractivity contribution < 1.29 is 5.11 Å². The lowest BCUT2D eigenvalue weighted by atomic mass is 9.99. The quantitative estimate of drug-likeness (QED) is 0.883. The summed E-state index contributed by atoms with van der Waals surface area (Å²) in [6.07, 6.45) is 3.56. The summed E-state index contributed by atoms with van der Waals surface area (Å²) in [6, 6.07) is 2.36. The van der Waals surface area contributed by atoms with Crippen molar-refractivity contribution in [3.05, 3.63) is 39.8 Å². The minimum atomic E-state index is -0.909. The van der Waals surface area contributed by atoms with E-state index in [-0.39, 0.29) is 6.04 Å². The molecule has 2 atom stereocenters. The fourth-order valence-electron chi connectivity index (χ4n) is 2.07. The maximum atomic E-state index is 10.5. The second-order valence-corrected chi connectivity index (χ2v) is 6.19. The standard InChI is InChI=1S/C14H21N3OS/c1-10-5-6-19-13(10)11(2)15-9-14(3,18)12-7-16-17(4)8-12/h5-8,11,15,18H,9H2,1-4H3/t11-,14+/m1/s1. The predicted octanol–water partition coefficient (Wildman–Crippen LogP) is 2.35. The van der Waals surface area contributed by atoms with Gasteiger partial charge in [0.15, 0.2) is 0 Å². The van der Waals surface area contributed by atoms with Gasteiger partial charge in [-0.05, 0) is 37.8 Å². The molecule has 2 N–H and O–H groups in total. The summed E-state index contributed by atoms with van der Waals surface area (Å²) < 4.78 is 1.71. The van der Waals surface area contributed by atoms with Gasteiger partial charge in [-0.1, -0.05) is 0 Å². The first-order chi connectivity index (χ1) is 8.90. The lowest BCUT2D eigenvalue weighted by molar-refractivity contribution is 0.0544. The SMILES string of the molecule is Cc1ccsc1[C@@H](C)NC[C@](C)(O)c1cnn(C)c1. The third kappa shape index (κ3) is 3.23. The molecule has 4 nitrogen and oxygen atoms in total. The topological polar surface area (TPSA) is 50.1 Å². The van der Waals surface area contributed by atoms with E-state index in [4.69, 9.17) is 0 Å². The second-order valence-electron chi connectivity index (χ2n) is 5.25. The summed E-state index contributed by atoms with van der Waals surface area (Å²) in [5.74, 6) is 0. The van der Waals surface area contributed by atoms with Gasteiger partial charge in [0.05, 0.1) is 6.20 Å². The molecule has 0 aliphatic rings. The lowest BCUT2D eigenvalue weighted by Gasteiger charge is -2.25. The van der Waals surface area contributed by atoms with Crippen LogP contribution in [0.15, 0.2) is 23.8 Å². The van der Waals surface area contributed by atoms with Gasteiger partial charge in [0, 0.05) is 36.3 Å². The molecule has 0 radical (unpaired) electrons. The third-order valence-electron chi connectivity index (χ3n) is 3.37. The van der Waals surface area contributed by atoms with Crippen LogP contribution in [0.25, 0.3) is 0 Å². The Labute approximate surface area is 118 Å². The first kappa shape index (κ1) is 14.2. The Bertz CT molecular complexity index is 544. The average molecular weight is 279 g/mol. The van der Waals surface area contributed by atoms with Crippen molar-refractivity contribution in [1.82, 2.24) is 15.1 Å². The van der Waals surface area contributed by atoms with Crippen molar-refractivity contribution in [2.75, 3.05) is 6.54 Å². The Morgan fingerprint density at radius 3 is 2.84 bits per heavy atom. The van der Waals surface area contributed by atoms with E-state index in [1.165, 1.54) is 10.4 Å². The van der Waals surface area contributed by atoms with E-state index in [0.717, 1.165) is 5.56 Å². The van der Waals surface area contributed by atoms with Gasteiger partial charge in [-0.25, -0.2) is 0 Å². The van der Waals surface area contributed by atoms with Gasteiger partial charge in [-0.3, -0.25) is 4.68 Å². The molecule has 104 valence electrons. The Hall–Kier alpha value is -1.17. The van der Waals surface area contributed by atoms with E-state index in [1.54, 1.807) is 22.2 Å². The highest BCUT2D eigenvalue weighted by Crippen LogP contribution is 2.25. The fourth-order valence-corrected chi connectivity index (χ4v) is 3.03. The molecule has 0 amide bonds. The van der Waals surface area contributed by atoms with Crippen LogP contribution in [0.4, 0.5) is 0 Å². The zero-order valence-corrected chi connectivity index (χ0v) is 12.7. The van der Waals surface area contributed by atoms with Crippen LogP contribution in [0.5, 0.6) is 0 Å². The average Bonchev–Trinajstić information content (AvgIpc) is 2.95. The number of aliphatic hydroxyl groups is 1. The number of nitrogens with one attached hydrogen (secondary N) is 1. The zero-order valence-electron chi connectivity index (χ0n) is 11.8. The molecule has 0 aromatic carbocycles. The normalized spacial score (nSPS) is 16.3. The van der Waals surface area contributed by atoms with Crippen LogP contribution in [0.3, 0.4) is 0 Å². The molecule has 0 aliphatic heterocycles. The molecule has 5 heteroatoms. The number of hydrogen-bond acceptors (Lipinski definition) is 4. The van der Waals surface area contributed by atoms with Crippen LogP contribution in [0, 0.1) is 6.92 Å². The van der Waals surface area contributed by atoms with Crippen LogP contribution < -0.4 is 5.32 Å². The second kappa shape index (κ2) is 5.45. The Morgan fingerprint density at radius 2 is 2.32 bits per heavy atom. The fraction of sp³-hybridized carbons (Fsp3) is 0.500. The summed E-state index contributed by atoms with van der Waals surface area (Å²) in [7, 11) is 1.85. The molecule has 19 heavy (non-hydrogen) atoms. The Morgan fingerprint density at radius 1 is 1.58 bits per heavy atom. The van der Waals surface area contributed by atoms with E-state index >= 15 is 0 Å². The van der Waals surface area contributed by atoms with Gasteiger partial charge < -0.3 is 10.4 Å². The van der Waals surface area contributed by atoms with Crippen LogP contribution in [-0.4, -0.2) is 21.4 Å². The summed E-state index contributed by atoms with van der Waals surface area (Å²) >= 11 is 1.75. The van der Waals surface area contributed by atoms with E-state index in [2.05, 4.69) is 35.7 Å². The molecule has 2 aromatic rings. The number of aromatic nitrogens is 2. The smallest absolute Gasteiger partial charge is 0.102 e. The number of hydrogen-bond donors (Lipinski definition) is 2. The van der Waals surface area contributed by atoms with Crippen molar-refractivity contribution in [2.45, 2.75) is 32.4 Å². The maximum absolute atomic E-state index is 10.5. The molecule has 2 heterocycles. The molecule has 0 spiro atoms. The van der Waals surface area contributed by atoms with Crippen molar-refractivity contribution in [2.24, 2.45) is 7.05 Å². The number of thiophene rings is 1. The summed E-state index contributed by atoms with van der Waals surface area (Å²) in [6.45, 7) is 6.55. The molecule has 0 aliphatic carbocycles. The molecule has 2 aromatic heterocycles. The molecule has 0 fully saturated rings. The van der Waals surface area contributed by atoms with Gasteiger partial charge in [0.1, 0.15) is 5.60 Å². The molecule has 0 bridgehead atoms. The van der Waals surface area contributed by atoms with Crippen LogP contribution in [-0.2, 0) is 12.6 Å². The van der Waals surface area contributed by atoms with Crippen LogP contribution in [0.2, 0.25) is 0 Å². The van der Waals surface area contributed by atoms with Gasteiger partial charge in [0.25, 0.3) is 0 Å². The predicted molar refractivity (Wildman–Crippen MR) is 78.3 cm³/mol. The summed E-state index contributed by atoms with van der Waals surface area (Å²) in [5, 5.41) is 20.1. The third-order valence-corrected chi connectivity index (χ3v) is 4.58. The van der Waals surface area contributed by atoms with Crippen LogP contribution >= 0.6 is 11.3 Å². The minimum absolute atomic E-state index is 0.239. The molecule has 2 rings (SSSR count). The molecule has 0 unspecified atom stereocenters. The Kier molecular flexibility index (Phi) is 4.08. The highest BCUT2D eigenvalue weighted by molar-refractivity contribution is 7.10. The first-order valence-corrected chi connectivity index (χ1v) is 7.27. The molecular formula is C14H21N3OS. The van der Waals surface area contributed by atoms with E-state index in [0.29, 0.717) is 6.54 Å². The molecular weight excluding hydrogens is 258 g/mol. The molecule has 0 saturated heterocycles. The number of nitrogens with zero attached hydrogens (tertiary/aromatic N) is 2. The van der Waals surface area contributed by atoms with Crippen molar-refractivity contribution in [3.63, 3.8) is 0 Å². The Balaban J connectivity index is 2.00. The van der Waals surface area contributed by atoms with Crippen LogP contribution in [0.1, 0.15) is 35.9 Å². The highest BCUT2D eigenvalue weighted by atomic mass is 32.1. The highest BCUT2D eigenvalue weighted by Gasteiger charge is 2.25. The van der Waals surface area contributed by atoms with Crippen molar-refractivity contribution in [1.29, 1.82) is 0 Å². The van der Waals surface area contributed by atoms with Crippen molar-refractivity contribution in [3.8, 4) is 0 Å². The van der Waals surface area contributed by atoms with E-state index < -0.39 is 5.60 Å². The van der Waals surface area contributed by atoms with Gasteiger partial charge in [-0.2, -0.15) is 5.10 Å². The van der Waals surface area contributed by atoms with Gasteiger partial charge in [-0.15, -0.1) is 11.3 Å². The summed E-state index contributed by atoms with van der Waals surface area (Å²) in [5.41, 5.74) is 1.22. The van der Waals surface area contributed by atoms with Gasteiger partial charge >= 0.3 is 0 Å². The molecule has 0 saturated carbocycles. The summed E-state index contributed by atoms with van der Waals surface area (Å²) in [4.78, 5) is 1.32. The first-order valence-electron chi connectivity index (χ1n) is 6.39. The maximum Gasteiger partial charge on any atom is 0.102 e. The number of aryl methyl sites for hydroxylation is 2. The minimum Gasteiger partial charge on any atom is -0.384 e. The number of rotatable bonds is 5.